The monoisotopic (exact) mass is 488 g/mol. The van der Waals surface area contributed by atoms with Crippen LogP contribution >= 0.6 is 11.6 Å². The number of aliphatic hydroxyl groups excluding tert-OH is 1. The molecular weight excluding hydrogens is 469 g/mol. The number of nitrogens with one attached hydrogen (secondary N) is 1. The number of nitrogens with zero attached hydrogens (tertiary/aromatic N) is 1. The maximum absolute atomic E-state index is 13.4. The number of rotatable bonds is 5. The van der Waals surface area contributed by atoms with E-state index in [2.05, 4.69) is 5.32 Å². The van der Waals surface area contributed by atoms with Gasteiger partial charge in [0.05, 0.1) is 5.02 Å². The molecule has 0 radical (unpaired) electrons. The van der Waals surface area contributed by atoms with Crippen molar-refractivity contribution < 1.29 is 31.5 Å². The fourth-order valence-electron chi connectivity index (χ4n) is 4.58. The van der Waals surface area contributed by atoms with E-state index in [9.17, 15) is 31.5 Å². The van der Waals surface area contributed by atoms with Crippen LogP contribution in [-0.4, -0.2) is 42.4 Å². The molecular formula is C21H20ClF3N2O4S. The molecule has 0 spiro atoms. The maximum atomic E-state index is 13.4. The van der Waals surface area contributed by atoms with Crippen LogP contribution in [0.15, 0.2) is 35.2 Å². The molecule has 2 fully saturated rings. The van der Waals surface area contributed by atoms with Crippen LogP contribution < -0.4 is 5.32 Å². The zero-order valence-electron chi connectivity index (χ0n) is 16.7. The molecule has 2 aliphatic rings. The molecule has 2 saturated heterocycles. The Kier molecular flexibility index (Phi) is 6.23. The molecule has 4 rings (SSSR count). The van der Waals surface area contributed by atoms with E-state index in [0.717, 1.165) is 6.07 Å². The second-order valence-corrected chi connectivity index (χ2v) is 10.3. The first kappa shape index (κ1) is 23.0. The lowest BCUT2D eigenvalue weighted by Crippen LogP contribution is -2.47. The van der Waals surface area contributed by atoms with Crippen molar-refractivity contribution in [3.8, 4) is 0 Å². The Balaban J connectivity index is 1.62. The van der Waals surface area contributed by atoms with Gasteiger partial charge >= 0.3 is 0 Å². The van der Waals surface area contributed by atoms with Gasteiger partial charge in [0, 0.05) is 42.1 Å². The molecule has 1 amide bonds. The summed E-state index contributed by atoms with van der Waals surface area (Å²) in [5, 5.41) is 11.6. The molecule has 2 bridgehead atoms. The molecule has 2 aromatic rings. The van der Waals surface area contributed by atoms with E-state index in [4.69, 9.17) is 11.6 Å². The van der Waals surface area contributed by atoms with E-state index in [1.54, 1.807) is 0 Å². The normalized spacial score (nSPS) is 23.3. The van der Waals surface area contributed by atoms with Gasteiger partial charge in [0.15, 0.2) is 17.5 Å². The molecule has 6 nitrogen and oxygen atoms in total. The zero-order valence-corrected chi connectivity index (χ0v) is 18.3. The highest BCUT2D eigenvalue weighted by Crippen LogP contribution is 2.43. The Morgan fingerprint density at radius 1 is 1.09 bits per heavy atom. The summed E-state index contributed by atoms with van der Waals surface area (Å²) in [5.74, 6) is -5.40. The highest BCUT2D eigenvalue weighted by atomic mass is 35.5. The minimum Gasteiger partial charge on any atom is -0.396 e. The first-order chi connectivity index (χ1) is 15.1. The Morgan fingerprint density at radius 3 is 2.25 bits per heavy atom. The van der Waals surface area contributed by atoms with Crippen LogP contribution in [0.4, 0.5) is 18.9 Å². The molecule has 2 atom stereocenters. The van der Waals surface area contributed by atoms with E-state index < -0.39 is 33.4 Å². The molecule has 2 unspecified atom stereocenters. The predicted molar refractivity (Wildman–Crippen MR) is 111 cm³/mol. The molecule has 2 aromatic carbocycles. The number of aliphatic hydroxyl groups is 1. The summed E-state index contributed by atoms with van der Waals surface area (Å²) in [5.41, 5.74) is -0.425. The molecule has 2 N–H and O–H groups in total. The van der Waals surface area contributed by atoms with Crippen molar-refractivity contribution in [2.75, 3.05) is 11.9 Å². The number of piperidine rings is 1. The molecule has 0 saturated carbocycles. The second-order valence-electron chi connectivity index (χ2n) is 8.09. The summed E-state index contributed by atoms with van der Waals surface area (Å²) < 4.78 is 68.3. The average Bonchev–Trinajstić information content (AvgIpc) is 3.03. The van der Waals surface area contributed by atoms with Crippen LogP contribution in [0.25, 0.3) is 0 Å². The smallest absolute Gasteiger partial charge is 0.255 e. The minimum atomic E-state index is -4.04. The number of sulfonamides is 1. The number of benzene rings is 2. The van der Waals surface area contributed by atoms with Crippen molar-refractivity contribution in [2.45, 2.75) is 42.7 Å². The summed E-state index contributed by atoms with van der Waals surface area (Å²) >= 11 is 6.18. The minimum absolute atomic E-state index is 0.00186. The van der Waals surface area contributed by atoms with Gasteiger partial charge < -0.3 is 10.4 Å². The topological polar surface area (TPSA) is 86.7 Å². The summed E-state index contributed by atoms with van der Waals surface area (Å²) in [6, 6.07) is 4.38. The largest absolute Gasteiger partial charge is 0.396 e. The molecule has 32 heavy (non-hydrogen) atoms. The van der Waals surface area contributed by atoms with E-state index in [0.29, 0.717) is 37.8 Å². The first-order valence-electron chi connectivity index (χ1n) is 10.0. The van der Waals surface area contributed by atoms with Crippen LogP contribution in [0.3, 0.4) is 0 Å². The van der Waals surface area contributed by atoms with Crippen molar-refractivity contribution in [3.05, 3.63) is 58.4 Å². The van der Waals surface area contributed by atoms with Crippen molar-refractivity contribution in [1.29, 1.82) is 0 Å². The Labute approximate surface area is 188 Å². The van der Waals surface area contributed by atoms with Crippen molar-refractivity contribution in [2.24, 2.45) is 5.92 Å². The van der Waals surface area contributed by atoms with Gasteiger partial charge in [-0.1, -0.05) is 11.6 Å². The molecule has 2 heterocycles. The lowest BCUT2D eigenvalue weighted by atomic mass is 9.93. The first-order valence-corrected chi connectivity index (χ1v) is 11.8. The number of amides is 1. The molecule has 11 heteroatoms. The van der Waals surface area contributed by atoms with Gasteiger partial charge in [-0.15, -0.1) is 0 Å². The van der Waals surface area contributed by atoms with Gasteiger partial charge in [0.1, 0.15) is 4.90 Å². The van der Waals surface area contributed by atoms with Crippen LogP contribution in [0.5, 0.6) is 0 Å². The number of carbonyl (C=O) groups excluding carboxylic acids is 1. The van der Waals surface area contributed by atoms with Crippen molar-refractivity contribution in [3.63, 3.8) is 0 Å². The van der Waals surface area contributed by atoms with Gasteiger partial charge in [-0.05, 0) is 49.8 Å². The summed E-state index contributed by atoms with van der Waals surface area (Å²) in [6.07, 6.45) is 2.46. The van der Waals surface area contributed by atoms with E-state index in [1.165, 1.54) is 16.4 Å². The highest BCUT2D eigenvalue weighted by Gasteiger charge is 2.47. The molecule has 172 valence electrons. The van der Waals surface area contributed by atoms with Gasteiger partial charge in [-0.3, -0.25) is 4.79 Å². The van der Waals surface area contributed by atoms with E-state index >= 15 is 0 Å². The highest BCUT2D eigenvalue weighted by molar-refractivity contribution is 7.89. The number of fused-ring (bicyclic) bond motifs is 2. The lowest BCUT2D eigenvalue weighted by Gasteiger charge is -2.37. The Morgan fingerprint density at radius 2 is 1.69 bits per heavy atom. The summed E-state index contributed by atoms with van der Waals surface area (Å²) in [4.78, 5) is 12.3. The number of hydrogen-bond acceptors (Lipinski definition) is 4. The number of carbonyl (C=O) groups is 1. The Hall–Kier alpha value is -2.14. The number of hydrogen-bond donors (Lipinski definition) is 2. The van der Waals surface area contributed by atoms with Crippen LogP contribution in [0.2, 0.25) is 5.02 Å². The maximum Gasteiger partial charge on any atom is 0.255 e. The SMILES string of the molecule is O=C(Nc1cc(F)c(F)c(F)c1)c1ccc(Cl)c(S(=O)(=O)N2C3CCC2CC(CO)C3)c1. The predicted octanol–water partition coefficient (Wildman–Crippen LogP) is 3.93. The van der Waals surface area contributed by atoms with Crippen molar-refractivity contribution in [1.82, 2.24) is 4.31 Å². The molecule has 0 aromatic heterocycles. The fourth-order valence-corrected chi connectivity index (χ4v) is 6.97. The second kappa shape index (κ2) is 8.66. The van der Waals surface area contributed by atoms with Crippen LogP contribution in [0.1, 0.15) is 36.0 Å². The molecule has 0 aliphatic carbocycles. The van der Waals surface area contributed by atoms with Crippen molar-refractivity contribution >= 4 is 33.2 Å². The Bertz CT molecular complexity index is 1140. The third kappa shape index (κ3) is 4.12. The summed E-state index contributed by atoms with van der Waals surface area (Å²) in [6.45, 7) is 0.00186. The average molecular weight is 489 g/mol. The zero-order chi connectivity index (χ0) is 23.2. The standard InChI is InChI=1S/C21H20ClF3N2O4S/c22-16-4-1-12(21(29)26-13-8-17(23)20(25)18(24)9-13)7-19(16)32(30,31)27-14-2-3-15(27)6-11(5-14)10-28/h1,4,7-9,11,14-15,28H,2-3,5-6,10H2,(H,26,29). The van der Waals surface area contributed by atoms with Gasteiger partial charge in [0.2, 0.25) is 10.0 Å². The van der Waals surface area contributed by atoms with Gasteiger partial charge in [-0.2, -0.15) is 4.31 Å². The van der Waals surface area contributed by atoms with Gasteiger partial charge in [0.25, 0.3) is 5.91 Å². The third-order valence-electron chi connectivity index (χ3n) is 6.01. The fraction of sp³-hybridized carbons (Fsp3) is 0.381. The van der Waals surface area contributed by atoms with E-state index in [-0.39, 0.29) is 45.8 Å². The van der Waals surface area contributed by atoms with Gasteiger partial charge in [-0.25, -0.2) is 21.6 Å². The van der Waals surface area contributed by atoms with E-state index in [1.807, 2.05) is 0 Å². The quantitative estimate of drug-likeness (QED) is 0.624. The van der Waals surface area contributed by atoms with Crippen LogP contribution in [-0.2, 0) is 10.0 Å². The third-order valence-corrected chi connectivity index (χ3v) is 8.50. The number of halogens is 4. The lowest BCUT2D eigenvalue weighted by molar-refractivity contribution is 0.102. The summed E-state index contributed by atoms with van der Waals surface area (Å²) in [7, 11) is -4.04. The molecule has 2 aliphatic heterocycles. The number of anilines is 1. The van der Waals surface area contributed by atoms with Crippen LogP contribution in [0, 0.1) is 23.4 Å².